The fourth-order valence-corrected chi connectivity index (χ4v) is 2.67. The summed E-state index contributed by atoms with van der Waals surface area (Å²) in [7, 11) is 1.75. The van der Waals surface area contributed by atoms with Gasteiger partial charge in [-0.2, -0.15) is 0 Å². The zero-order valence-electron chi connectivity index (χ0n) is 13.5. The molecule has 2 atom stereocenters. The van der Waals surface area contributed by atoms with Gasteiger partial charge < -0.3 is 15.2 Å². The summed E-state index contributed by atoms with van der Waals surface area (Å²) in [6, 6.07) is 0.458. The van der Waals surface area contributed by atoms with Crippen LogP contribution in [0, 0.1) is 0 Å². The molecule has 0 bridgehead atoms. The smallest absolute Gasteiger partial charge is 0.0615 e. The molecule has 0 saturated carbocycles. The summed E-state index contributed by atoms with van der Waals surface area (Å²) in [5, 5.41) is 13.1. The number of nitrogens with one attached hydrogen (secondary N) is 1. The lowest BCUT2D eigenvalue weighted by molar-refractivity contribution is 0.0943. The topological polar surface area (TPSA) is 44.7 Å². The van der Waals surface area contributed by atoms with Gasteiger partial charge in [0.1, 0.15) is 0 Å². The van der Waals surface area contributed by atoms with E-state index in [9.17, 15) is 5.11 Å². The quantitative estimate of drug-likeness (QED) is 0.570. The molecule has 4 nitrogen and oxygen atoms in total. The van der Waals surface area contributed by atoms with E-state index in [1.54, 1.807) is 7.11 Å². The second-order valence-corrected chi connectivity index (χ2v) is 5.36. The van der Waals surface area contributed by atoms with Crippen LogP contribution < -0.4 is 5.32 Å². The van der Waals surface area contributed by atoms with Crippen molar-refractivity contribution in [2.75, 3.05) is 40.0 Å². The number of aliphatic hydroxyl groups excluding tert-OH is 1. The maximum absolute atomic E-state index is 9.63. The Morgan fingerprint density at radius 3 is 2.42 bits per heavy atom. The molecule has 0 aromatic heterocycles. The van der Waals surface area contributed by atoms with Crippen molar-refractivity contribution in [3.8, 4) is 0 Å². The van der Waals surface area contributed by atoms with Crippen LogP contribution in [0.25, 0.3) is 0 Å². The Bertz CT molecular complexity index is 208. The summed E-state index contributed by atoms with van der Waals surface area (Å²) in [6.07, 6.45) is 3.09. The SMILES string of the molecule is CCNC(CC)(CO)CCCN(CC)C(C)COC. The van der Waals surface area contributed by atoms with Gasteiger partial charge in [0, 0.05) is 18.7 Å². The maximum atomic E-state index is 9.63. The normalized spacial score (nSPS) is 16.6. The molecule has 4 heteroatoms. The molecule has 0 fully saturated rings. The van der Waals surface area contributed by atoms with E-state index in [1.165, 1.54) is 0 Å². The molecule has 0 aliphatic rings. The number of hydrogen-bond donors (Lipinski definition) is 2. The molecule has 0 aromatic rings. The predicted molar refractivity (Wildman–Crippen MR) is 81.6 cm³/mol. The fraction of sp³-hybridized carbons (Fsp3) is 1.00. The van der Waals surface area contributed by atoms with Crippen LogP contribution in [0.1, 0.15) is 47.0 Å². The molecule has 0 amide bonds. The van der Waals surface area contributed by atoms with Crippen molar-refractivity contribution in [3.63, 3.8) is 0 Å². The average Bonchev–Trinajstić information content (AvgIpc) is 2.42. The highest BCUT2D eigenvalue weighted by molar-refractivity contribution is 4.86. The van der Waals surface area contributed by atoms with Crippen LogP contribution in [0.2, 0.25) is 0 Å². The third-order valence-electron chi connectivity index (χ3n) is 4.07. The van der Waals surface area contributed by atoms with E-state index >= 15 is 0 Å². The van der Waals surface area contributed by atoms with Crippen LogP contribution in [0.15, 0.2) is 0 Å². The van der Waals surface area contributed by atoms with Gasteiger partial charge in [-0.3, -0.25) is 4.90 Å². The molecular weight excluding hydrogens is 240 g/mol. The van der Waals surface area contributed by atoms with E-state index in [-0.39, 0.29) is 12.1 Å². The Hall–Kier alpha value is -0.160. The third kappa shape index (κ3) is 6.70. The van der Waals surface area contributed by atoms with E-state index < -0.39 is 0 Å². The molecule has 0 aromatic carbocycles. The minimum absolute atomic E-state index is 0.0986. The standard InChI is InChI=1S/C15H34N2O2/c1-6-15(13-18,16-7-2)10-9-11-17(8-3)14(4)12-19-5/h14,16,18H,6-13H2,1-5H3. The molecule has 116 valence electrons. The number of aliphatic hydroxyl groups is 1. The maximum Gasteiger partial charge on any atom is 0.0615 e. The highest BCUT2D eigenvalue weighted by Gasteiger charge is 2.25. The van der Waals surface area contributed by atoms with Gasteiger partial charge in [-0.15, -0.1) is 0 Å². The summed E-state index contributed by atoms with van der Waals surface area (Å²) >= 11 is 0. The van der Waals surface area contributed by atoms with Crippen molar-refractivity contribution in [3.05, 3.63) is 0 Å². The van der Waals surface area contributed by atoms with Gasteiger partial charge in [0.15, 0.2) is 0 Å². The largest absolute Gasteiger partial charge is 0.394 e. The van der Waals surface area contributed by atoms with Crippen molar-refractivity contribution >= 4 is 0 Å². The molecule has 0 rings (SSSR count). The van der Waals surface area contributed by atoms with Crippen LogP contribution in [0.4, 0.5) is 0 Å². The van der Waals surface area contributed by atoms with E-state index in [0.29, 0.717) is 6.04 Å². The van der Waals surface area contributed by atoms with E-state index in [0.717, 1.165) is 45.5 Å². The fourth-order valence-electron chi connectivity index (χ4n) is 2.67. The van der Waals surface area contributed by atoms with Gasteiger partial charge in [-0.25, -0.2) is 0 Å². The Morgan fingerprint density at radius 1 is 1.32 bits per heavy atom. The number of rotatable bonds is 12. The molecule has 0 radical (unpaired) electrons. The first-order valence-corrected chi connectivity index (χ1v) is 7.67. The zero-order valence-corrected chi connectivity index (χ0v) is 13.5. The third-order valence-corrected chi connectivity index (χ3v) is 4.07. The van der Waals surface area contributed by atoms with Crippen LogP contribution in [0.3, 0.4) is 0 Å². The van der Waals surface area contributed by atoms with Crippen LogP contribution in [0.5, 0.6) is 0 Å². The summed E-state index contributed by atoms with van der Waals surface area (Å²) in [4.78, 5) is 2.44. The number of hydrogen-bond acceptors (Lipinski definition) is 4. The van der Waals surface area contributed by atoms with Crippen molar-refractivity contribution in [1.29, 1.82) is 0 Å². The number of nitrogens with zero attached hydrogens (tertiary/aromatic N) is 1. The minimum atomic E-state index is -0.0986. The zero-order chi connectivity index (χ0) is 14.7. The average molecular weight is 274 g/mol. The minimum Gasteiger partial charge on any atom is -0.394 e. The van der Waals surface area contributed by atoms with E-state index in [1.807, 2.05) is 0 Å². The van der Waals surface area contributed by atoms with Gasteiger partial charge in [-0.05, 0) is 45.8 Å². The highest BCUT2D eigenvalue weighted by Crippen LogP contribution is 2.17. The second kappa shape index (κ2) is 10.6. The summed E-state index contributed by atoms with van der Waals surface area (Å²) < 4.78 is 5.22. The van der Waals surface area contributed by atoms with Crippen molar-refractivity contribution in [2.24, 2.45) is 0 Å². The first-order valence-electron chi connectivity index (χ1n) is 7.67. The number of ether oxygens (including phenoxy) is 1. The van der Waals surface area contributed by atoms with Gasteiger partial charge in [0.2, 0.25) is 0 Å². The molecule has 19 heavy (non-hydrogen) atoms. The highest BCUT2D eigenvalue weighted by atomic mass is 16.5. The van der Waals surface area contributed by atoms with Gasteiger partial charge in [-0.1, -0.05) is 20.8 Å². The van der Waals surface area contributed by atoms with Gasteiger partial charge in [0.25, 0.3) is 0 Å². The van der Waals surface area contributed by atoms with Gasteiger partial charge >= 0.3 is 0 Å². The monoisotopic (exact) mass is 274 g/mol. The Labute approximate surface area is 119 Å². The summed E-state index contributed by atoms with van der Waals surface area (Å²) in [5.74, 6) is 0. The lowest BCUT2D eigenvalue weighted by Gasteiger charge is -2.34. The van der Waals surface area contributed by atoms with Gasteiger partial charge in [0.05, 0.1) is 13.2 Å². The Balaban J connectivity index is 4.21. The van der Waals surface area contributed by atoms with Crippen LogP contribution >= 0.6 is 0 Å². The van der Waals surface area contributed by atoms with Crippen LogP contribution in [-0.2, 0) is 4.74 Å². The predicted octanol–water partition coefficient (Wildman–Crippen LogP) is 1.87. The Morgan fingerprint density at radius 2 is 2.00 bits per heavy atom. The lowest BCUT2D eigenvalue weighted by Crippen LogP contribution is -2.48. The van der Waals surface area contributed by atoms with Crippen molar-refractivity contribution < 1.29 is 9.84 Å². The Kier molecular flexibility index (Phi) is 10.5. The molecule has 0 aliphatic carbocycles. The van der Waals surface area contributed by atoms with E-state index in [2.05, 4.69) is 37.9 Å². The lowest BCUT2D eigenvalue weighted by atomic mass is 9.91. The first kappa shape index (κ1) is 18.8. The van der Waals surface area contributed by atoms with E-state index in [4.69, 9.17) is 4.74 Å². The molecule has 0 saturated heterocycles. The molecule has 0 spiro atoms. The molecular formula is C15H34N2O2. The summed E-state index contributed by atoms with van der Waals surface area (Å²) in [5.41, 5.74) is -0.0986. The number of likely N-dealkylation sites (N-methyl/N-ethyl adjacent to an activating group) is 2. The number of methoxy groups -OCH3 is 1. The van der Waals surface area contributed by atoms with Crippen molar-refractivity contribution in [2.45, 2.75) is 58.5 Å². The molecule has 0 aliphatic heterocycles. The molecule has 2 unspecified atom stereocenters. The molecule has 0 heterocycles. The second-order valence-electron chi connectivity index (χ2n) is 5.36. The first-order chi connectivity index (χ1) is 9.09. The van der Waals surface area contributed by atoms with Crippen molar-refractivity contribution in [1.82, 2.24) is 10.2 Å². The summed E-state index contributed by atoms with van der Waals surface area (Å²) in [6.45, 7) is 12.6. The van der Waals surface area contributed by atoms with Crippen LogP contribution in [-0.4, -0.2) is 61.5 Å². The molecule has 2 N–H and O–H groups in total.